The van der Waals surface area contributed by atoms with Crippen LogP contribution in [0, 0.1) is 0 Å². The van der Waals surface area contributed by atoms with E-state index in [0.717, 1.165) is 0 Å². The maximum absolute atomic E-state index is 13.6. The number of rotatable bonds is 7. The molecular formula is C26H24N4O6. The largest absolute Gasteiger partial charge is 0.491 e. The van der Waals surface area contributed by atoms with E-state index in [4.69, 9.17) is 14.2 Å². The first-order valence-electron chi connectivity index (χ1n) is 11.2. The molecule has 10 heteroatoms. The van der Waals surface area contributed by atoms with Crippen molar-refractivity contribution in [1.82, 2.24) is 15.3 Å². The Kier molecular flexibility index (Phi) is 6.05. The molecule has 0 radical (unpaired) electrons. The Balaban J connectivity index is 1.60. The number of fused-ring (bicyclic) bond motifs is 2. The van der Waals surface area contributed by atoms with Gasteiger partial charge < -0.3 is 29.6 Å². The van der Waals surface area contributed by atoms with E-state index >= 15 is 0 Å². The zero-order chi connectivity index (χ0) is 25.3. The Morgan fingerprint density at radius 1 is 1.11 bits per heavy atom. The van der Waals surface area contributed by atoms with Gasteiger partial charge in [0.15, 0.2) is 5.72 Å². The fourth-order valence-corrected chi connectivity index (χ4v) is 4.30. The van der Waals surface area contributed by atoms with E-state index in [0.29, 0.717) is 52.4 Å². The van der Waals surface area contributed by atoms with Gasteiger partial charge >= 0.3 is 12.1 Å². The number of carbonyl (C=O) groups is 2. The number of anilines is 1. The highest BCUT2D eigenvalue weighted by Gasteiger charge is 2.50. The normalized spacial score (nSPS) is 16.8. The fraction of sp³-hybridized carbons (Fsp3) is 0.192. The number of hydrogen-bond donors (Lipinski definition) is 3. The van der Waals surface area contributed by atoms with Gasteiger partial charge in [0, 0.05) is 36.9 Å². The minimum absolute atomic E-state index is 0.00848. The summed E-state index contributed by atoms with van der Waals surface area (Å²) in [6.45, 7) is 0.757. The van der Waals surface area contributed by atoms with Crippen molar-refractivity contribution in [3.8, 4) is 11.8 Å². The molecule has 0 fully saturated rings. The summed E-state index contributed by atoms with van der Waals surface area (Å²) in [5, 5.41) is 14.6. The van der Waals surface area contributed by atoms with Crippen molar-refractivity contribution in [3.63, 3.8) is 0 Å². The number of aromatic amines is 1. The lowest BCUT2D eigenvalue weighted by Gasteiger charge is -2.35. The number of benzene rings is 3. The maximum Gasteiger partial charge on any atom is 0.414 e. The Bertz CT molecular complexity index is 1450. The Labute approximate surface area is 206 Å². The highest BCUT2D eigenvalue weighted by atomic mass is 16.6. The van der Waals surface area contributed by atoms with Gasteiger partial charge in [-0.3, -0.25) is 9.69 Å². The third-order valence-electron chi connectivity index (χ3n) is 5.95. The van der Waals surface area contributed by atoms with E-state index in [1.54, 1.807) is 73.8 Å². The highest BCUT2D eigenvalue weighted by molar-refractivity contribution is 6.12. The summed E-state index contributed by atoms with van der Waals surface area (Å²) in [5.41, 5.74) is 0.948. The molecule has 36 heavy (non-hydrogen) atoms. The molecule has 1 aliphatic heterocycles. The molecule has 184 valence electrons. The molecular weight excluding hydrogens is 464 g/mol. The number of aliphatic hydroxyl groups is 1. The highest BCUT2D eigenvalue weighted by Crippen LogP contribution is 2.45. The standard InChI is InChI=1S/C26H24N4O6/c1-27-25(32)36-24-28-21-11-10-16(14-22(21)29-24)26(33)20-9-4-3-8-19(20)23(31)30(26)17-6-5-7-18(15-17)35-13-12-34-2/h3-11,14-15,33H,12-13H2,1-2H3,(H,27,32)(H,28,29). The number of imidazole rings is 1. The summed E-state index contributed by atoms with van der Waals surface area (Å²) < 4.78 is 15.9. The van der Waals surface area contributed by atoms with Crippen molar-refractivity contribution in [2.24, 2.45) is 0 Å². The van der Waals surface area contributed by atoms with E-state index in [-0.39, 0.29) is 11.9 Å². The van der Waals surface area contributed by atoms with Crippen LogP contribution in [0.2, 0.25) is 0 Å². The van der Waals surface area contributed by atoms with Gasteiger partial charge in [-0.05, 0) is 30.3 Å². The van der Waals surface area contributed by atoms with Gasteiger partial charge in [-0.15, -0.1) is 0 Å². The lowest BCUT2D eigenvalue weighted by Crippen LogP contribution is -2.45. The third-order valence-corrected chi connectivity index (χ3v) is 5.95. The average molecular weight is 489 g/mol. The minimum Gasteiger partial charge on any atom is -0.491 e. The van der Waals surface area contributed by atoms with Gasteiger partial charge in [0.1, 0.15) is 12.4 Å². The molecule has 2 amide bonds. The molecule has 10 nitrogen and oxygen atoms in total. The molecule has 0 spiro atoms. The molecule has 1 aromatic heterocycles. The molecule has 1 atom stereocenters. The topological polar surface area (TPSA) is 126 Å². The number of carbonyl (C=O) groups excluding carboxylic acids is 2. The molecule has 0 bridgehead atoms. The summed E-state index contributed by atoms with van der Waals surface area (Å²) in [7, 11) is 3.03. The molecule has 1 unspecified atom stereocenters. The molecule has 1 aliphatic rings. The number of ether oxygens (including phenoxy) is 3. The first-order valence-corrected chi connectivity index (χ1v) is 11.2. The smallest absolute Gasteiger partial charge is 0.414 e. The summed E-state index contributed by atoms with van der Waals surface area (Å²) in [5.74, 6) is 0.186. The van der Waals surface area contributed by atoms with Crippen LogP contribution in [0.3, 0.4) is 0 Å². The van der Waals surface area contributed by atoms with Gasteiger partial charge in [0.05, 0.1) is 23.3 Å². The van der Waals surface area contributed by atoms with Crippen LogP contribution in [0.4, 0.5) is 10.5 Å². The second-order valence-electron chi connectivity index (χ2n) is 8.11. The van der Waals surface area contributed by atoms with Gasteiger partial charge in [0.25, 0.3) is 5.91 Å². The number of amides is 2. The van der Waals surface area contributed by atoms with Gasteiger partial charge in [0.2, 0.25) is 0 Å². The Morgan fingerprint density at radius 3 is 2.75 bits per heavy atom. The summed E-state index contributed by atoms with van der Waals surface area (Å²) >= 11 is 0. The van der Waals surface area contributed by atoms with Crippen LogP contribution in [-0.2, 0) is 10.5 Å². The summed E-state index contributed by atoms with van der Waals surface area (Å²) in [4.78, 5) is 33.7. The third kappa shape index (κ3) is 3.92. The van der Waals surface area contributed by atoms with Gasteiger partial charge in [-0.1, -0.05) is 30.3 Å². The van der Waals surface area contributed by atoms with E-state index < -0.39 is 11.8 Å². The molecule has 0 aliphatic carbocycles. The molecule has 5 rings (SSSR count). The van der Waals surface area contributed by atoms with Crippen molar-refractivity contribution in [2.75, 3.05) is 32.3 Å². The Hall–Kier alpha value is -4.41. The lowest BCUT2D eigenvalue weighted by molar-refractivity contribution is 0.0703. The summed E-state index contributed by atoms with van der Waals surface area (Å²) in [6.07, 6.45) is -0.665. The predicted octanol–water partition coefficient (Wildman–Crippen LogP) is 3.16. The van der Waals surface area contributed by atoms with Crippen LogP contribution in [0.5, 0.6) is 11.8 Å². The van der Waals surface area contributed by atoms with Crippen molar-refractivity contribution in [2.45, 2.75) is 5.72 Å². The average Bonchev–Trinajstić information content (AvgIpc) is 3.40. The Morgan fingerprint density at radius 2 is 1.94 bits per heavy atom. The lowest BCUT2D eigenvalue weighted by atomic mass is 9.93. The second-order valence-corrected chi connectivity index (χ2v) is 8.11. The number of hydrogen-bond acceptors (Lipinski definition) is 7. The second kappa shape index (κ2) is 9.33. The van der Waals surface area contributed by atoms with E-state index in [9.17, 15) is 14.7 Å². The van der Waals surface area contributed by atoms with E-state index in [1.165, 1.54) is 11.9 Å². The molecule has 2 heterocycles. The van der Waals surface area contributed by atoms with E-state index in [1.807, 2.05) is 0 Å². The SMILES string of the molecule is CNC(=O)Oc1nc2ccc(C3(O)c4ccccc4C(=O)N3c3cccc(OCCOC)c3)cc2[nH]1. The van der Waals surface area contributed by atoms with Crippen LogP contribution in [0.1, 0.15) is 21.5 Å². The minimum atomic E-state index is -1.82. The van der Waals surface area contributed by atoms with Crippen molar-refractivity contribution in [1.29, 1.82) is 0 Å². The molecule has 3 aromatic carbocycles. The van der Waals surface area contributed by atoms with Crippen molar-refractivity contribution >= 4 is 28.7 Å². The number of nitrogens with one attached hydrogen (secondary N) is 2. The van der Waals surface area contributed by atoms with Crippen LogP contribution < -0.4 is 19.7 Å². The molecule has 3 N–H and O–H groups in total. The number of methoxy groups -OCH3 is 1. The van der Waals surface area contributed by atoms with Crippen LogP contribution in [0.25, 0.3) is 11.0 Å². The molecule has 4 aromatic rings. The number of H-pyrrole nitrogens is 1. The molecule has 0 saturated carbocycles. The molecule has 0 saturated heterocycles. The number of nitrogens with zero attached hydrogens (tertiary/aromatic N) is 2. The monoisotopic (exact) mass is 488 g/mol. The van der Waals surface area contributed by atoms with Crippen molar-refractivity contribution < 1.29 is 28.9 Å². The zero-order valence-electron chi connectivity index (χ0n) is 19.6. The predicted molar refractivity (Wildman–Crippen MR) is 131 cm³/mol. The van der Waals surface area contributed by atoms with Gasteiger partial charge in [-0.25, -0.2) is 4.79 Å². The van der Waals surface area contributed by atoms with Crippen LogP contribution >= 0.6 is 0 Å². The summed E-state index contributed by atoms with van der Waals surface area (Å²) in [6, 6.07) is 19.0. The van der Waals surface area contributed by atoms with Crippen LogP contribution in [0.15, 0.2) is 66.7 Å². The fourth-order valence-electron chi connectivity index (χ4n) is 4.30. The first-order chi connectivity index (χ1) is 17.5. The zero-order valence-corrected chi connectivity index (χ0v) is 19.6. The van der Waals surface area contributed by atoms with Crippen LogP contribution in [-0.4, -0.2) is 54.4 Å². The number of aromatic nitrogens is 2. The maximum atomic E-state index is 13.6. The quantitative estimate of drug-likeness (QED) is 0.341. The first kappa shape index (κ1) is 23.3. The van der Waals surface area contributed by atoms with E-state index in [2.05, 4.69) is 15.3 Å². The van der Waals surface area contributed by atoms with Crippen molar-refractivity contribution in [3.05, 3.63) is 83.4 Å². The van der Waals surface area contributed by atoms with Gasteiger partial charge in [-0.2, -0.15) is 4.98 Å².